The van der Waals surface area contributed by atoms with E-state index in [1.807, 2.05) is 0 Å². The summed E-state index contributed by atoms with van der Waals surface area (Å²) in [4.78, 5) is 12.2. The smallest absolute Gasteiger partial charge is 0.192 e. The molecule has 1 saturated heterocycles. The van der Waals surface area contributed by atoms with Gasteiger partial charge in [-0.3, -0.25) is 4.79 Å². The molecule has 0 radical (unpaired) electrons. The van der Waals surface area contributed by atoms with E-state index in [2.05, 4.69) is 6.92 Å². The van der Waals surface area contributed by atoms with Crippen molar-refractivity contribution in [2.24, 2.45) is 0 Å². The highest BCUT2D eigenvalue weighted by molar-refractivity contribution is 5.88. The highest BCUT2D eigenvalue weighted by Gasteiger charge is 2.48. The third-order valence-electron chi connectivity index (χ3n) is 4.09. The molecule has 0 saturated carbocycles. The number of aliphatic hydroxyl groups is 4. The van der Waals surface area contributed by atoms with Gasteiger partial charge in [-0.25, -0.2) is 0 Å². The van der Waals surface area contributed by atoms with Crippen LogP contribution in [0.4, 0.5) is 0 Å². The van der Waals surface area contributed by atoms with Crippen LogP contribution in [-0.4, -0.2) is 69.6 Å². The molecule has 0 amide bonds. The van der Waals surface area contributed by atoms with Crippen LogP contribution in [-0.2, 0) is 14.3 Å². The summed E-state index contributed by atoms with van der Waals surface area (Å²) in [6.45, 7) is 4.00. The van der Waals surface area contributed by atoms with Crippen LogP contribution in [0.25, 0.3) is 0 Å². The number of ether oxygens (including phenoxy) is 2. The summed E-state index contributed by atoms with van der Waals surface area (Å²) in [6.07, 6.45) is -3.28. The molecule has 6 atom stereocenters. The SMILES string of the molecule is CCCCCCCC(O)C(=O)[C@H]1O[C@H](OCC)[C@H](O)[C@@H](O)[C@@H]1O. The zero-order valence-electron chi connectivity index (χ0n) is 13.9. The topological polar surface area (TPSA) is 116 Å². The van der Waals surface area contributed by atoms with Gasteiger partial charge in [0.05, 0.1) is 0 Å². The van der Waals surface area contributed by atoms with E-state index in [9.17, 15) is 25.2 Å². The number of hydrogen-bond acceptors (Lipinski definition) is 7. The molecule has 1 aliphatic rings. The Kier molecular flexibility index (Phi) is 9.19. The normalized spacial score (nSPS) is 32.7. The summed E-state index contributed by atoms with van der Waals surface area (Å²) in [5.74, 6) is -0.691. The molecule has 0 spiro atoms. The number of Topliss-reactive ketones (excluding diaryl/α,β-unsaturated/α-hetero) is 1. The van der Waals surface area contributed by atoms with E-state index >= 15 is 0 Å². The van der Waals surface area contributed by atoms with Crippen molar-refractivity contribution in [1.29, 1.82) is 0 Å². The van der Waals surface area contributed by atoms with Crippen molar-refractivity contribution in [2.75, 3.05) is 6.61 Å². The van der Waals surface area contributed by atoms with Gasteiger partial charge < -0.3 is 29.9 Å². The van der Waals surface area contributed by atoms with Gasteiger partial charge >= 0.3 is 0 Å². The lowest BCUT2D eigenvalue weighted by Gasteiger charge is -2.39. The molecular weight excluding hydrogens is 304 g/mol. The molecule has 136 valence electrons. The van der Waals surface area contributed by atoms with E-state index in [4.69, 9.17) is 9.47 Å². The Labute approximate surface area is 137 Å². The van der Waals surface area contributed by atoms with E-state index < -0.39 is 42.6 Å². The van der Waals surface area contributed by atoms with E-state index in [0.29, 0.717) is 6.42 Å². The van der Waals surface area contributed by atoms with Crippen LogP contribution in [0, 0.1) is 0 Å². The molecule has 1 aliphatic heterocycles. The van der Waals surface area contributed by atoms with Crippen LogP contribution >= 0.6 is 0 Å². The molecule has 1 unspecified atom stereocenters. The molecule has 7 heteroatoms. The van der Waals surface area contributed by atoms with Crippen molar-refractivity contribution in [3.8, 4) is 0 Å². The zero-order valence-corrected chi connectivity index (χ0v) is 13.9. The number of unbranched alkanes of at least 4 members (excludes halogenated alkanes) is 4. The molecule has 1 heterocycles. The van der Waals surface area contributed by atoms with Crippen LogP contribution in [0.3, 0.4) is 0 Å². The third-order valence-corrected chi connectivity index (χ3v) is 4.09. The molecule has 7 nitrogen and oxygen atoms in total. The van der Waals surface area contributed by atoms with E-state index in [-0.39, 0.29) is 13.0 Å². The summed E-state index contributed by atoms with van der Waals surface area (Å²) in [7, 11) is 0. The van der Waals surface area contributed by atoms with Crippen LogP contribution < -0.4 is 0 Å². The maximum atomic E-state index is 12.2. The van der Waals surface area contributed by atoms with Gasteiger partial charge in [-0.05, 0) is 13.3 Å². The van der Waals surface area contributed by atoms with Crippen molar-refractivity contribution in [3.05, 3.63) is 0 Å². The Bertz CT molecular complexity index is 349. The van der Waals surface area contributed by atoms with Crippen molar-refractivity contribution >= 4 is 5.78 Å². The summed E-state index contributed by atoms with van der Waals surface area (Å²) in [5.41, 5.74) is 0. The van der Waals surface area contributed by atoms with Crippen molar-refractivity contribution in [3.63, 3.8) is 0 Å². The van der Waals surface area contributed by atoms with Gasteiger partial charge in [0.1, 0.15) is 24.4 Å². The molecule has 1 rings (SSSR count). The number of hydrogen-bond donors (Lipinski definition) is 4. The monoisotopic (exact) mass is 334 g/mol. The highest BCUT2D eigenvalue weighted by atomic mass is 16.7. The summed E-state index contributed by atoms with van der Waals surface area (Å²) in [6, 6.07) is 0. The molecule has 23 heavy (non-hydrogen) atoms. The first-order valence-electron chi connectivity index (χ1n) is 8.47. The molecule has 0 aromatic carbocycles. The fraction of sp³-hybridized carbons (Fsp3) is 0.938. The summed E-state index contributed by atoms with van der Waals surface area (Å²) in [5, 5.41) is 39.5. The van der Waals surface area contributed by atoms with Gasteiger partial charge in [-0.1, -0.05) is 39.0 Å². The molecular formula is C16H30O7. The van der Waals surface area contributed by atoms with E-state index in [1.54, 1.807) is 6.92 Å². The second-order valence-corrected chi connectivity index (χ2v) is 5.97. The standard InChI is InChI=1S/C16H30O7/c1-3-5-6-7-8-9-10(17)11(18)15-13(20)12(19)14(21)16(23-15)22-4-2/h10,12-17,19-21H,3-9H2,1-2H3/t10?,12-,13-,14+,15+,16-/m0/s1. The quantitative estimate of drug-likeness (QED) is 0.419. The molecule has 0 aliphatic carbocycles. The fourth-order valence-corrected chi connectivity index (χ4v) is 2.66. The molecule has 4 N–H and O–H groups in total. The van der Waals surface area contributed by atoms with Gasteiger partial charge in [-0.2, -0.15) is 0 Å². The van der Waals surface area contributed by atoms with Crippen LogP contribution in [0.15, 0.2) is 0 Å². The minimum Gasteiger partial charge on any atom is -0.387 e. The molecule has 1 fully saturated rings. The number of ketones is 1. The highest BCUT2D eigenvalue weighted by Crippen LogP contribution is 2.24. The van der Waals surface area contributed by atoms with Gasteiger partial charge in [0, 0.05) is 6.61 Å². The molecule has 0 aromatic rings. The van der Waals surface area contributed by atoms with Crippen molar-refractivity contribution in [1.82, 2.24) is 0 Å². The first-order chi connectivity index (χ1) is 10.9. The number of carbonyl (C=O) groups excluding carboxylic acids is 1. The average Bonchev–Trinajstić information content (AvgIpc) is 2.54. The fourth-order valence-electron chi connectivity index (χ4n) is 2.66. The maximum Gasteiger partial charge on any atom is 0.192 e. The predicted molar refractivity (Wildman–Crippen MR) is 82.7 cm³/mol. The first kappa shape index (κ1) is 20.5. The Hall–Kier alpha value is -0.570. The lowest BCUT2D eigenvalue weighted by Crippen LogP contribution is -2.61. The minimum absolute atomic E-state index is 0.214. The lowest BCUT2D eigenvalue weighted by atomic mass is 9.92. The van der Waals surface area contributed by atoms with Gasteiger partial charge in [0.2, 0.25) is 0 Å². The predicted octanol–water partition coefficient (Wildman–Crippen LogP) is 0.121. The second-order valence-electron chi connectivity index (χ2n) is 5.97. The van der Waals surface area contributed by atoms with Crippen LogP contribution in [0.1, 0.15) is 52.4 Å². The number of carbonyl (C=O) groups is 1. The number of aliphatic hydroxyl groups excluding tert-OH is 4. The zero-order chi connectivity index (χ0) is 17.4. The Balaban J connectivity index is 2.55. The summed E-state index contributed by atoms with van der Waals surface area (Å²) < 4.78 is 10.4. The van der Waals surface area contributed by atoms with Crippen LogP contribution in [0.5, 0.6) is 0 Å². The number of rotatable bonds is 10. The maximum absolute atomic E-state index is 12.2. The summed E-state index contributed by atoms with van der Waals surface area (Å²) >= 11 is 0. The third kappa shape index (κ3) is 5.77. The van der Waals surface area contributed by atoms with Gasteiger partial charge in [0.25, 0.3) is 0 Å². The molecule has 0 bridgehead atoms. The Morgan fingerprint density at radius 1 is 1.04 bits per heavy atom. The second kappa shape index (κ2) is 10.3. The van der Waals surface area contributed by atoms with Crippen LogP contribution in [0.2, 0.25) is 0 Å². The van der Waals surface area contributed by atoms with Gasteiger partial charge in [0.15, 0.2) is 18.2 Å². The first-order valence-corrected chi connectivity index (χ1v) is 8.47. The van der Waals surface area contributed by atoms with E-state index in [1.165, 1.54) is 0 Å². The molecule has 0 aromatic heterocycles. The van der Waals surface area contributed by atoms with Crippen molar-refractivity contribution < 1.29 is 34.7 Å². The minimum atomic E-state index is -1.59. The largest absolute Gasteiger partial charge is 0.387 e. The Morgan fingerprint density at radius 3 is 2.30 bits per heavy atom. The van der Waals surface area contributed by atoms with E-state index in [0.717, 1.165) is 25.7 Å². The average molecular weight is 334 g/mol. The lowest BCUT2D eigenvalue weighted by molar-refractivity contribution is -0.290. The van der Waals surface area contributed by atoms with Crippen molar-refractivity contribution in [2.45, 2.75) is 89.2 Å². The van der Waals surface area contributed by atoms with Gasteiger partial charge in [-0.15, -0.1) is 0 Å². The Morgan fingerprint density at radius 2 is 1.70 bits per heavy atom.